The van der Waals surface area contributed by atoms with E-state index in [0.717, 1.165) is 11.9 Å². The summed E-state index contributed by atoms with van der Waals surface area (Å²) < 4.78 is 1.56. The van der Waals surface area contributed by atoms with Crippen LogP contribution in [0.25, 0.3) is 21.9 Å². The number of H-pyrrole nitrogens is 1. The van der Waals surface area contributed by atoms with Crippen LogP contribution in [0.4, 0.5) is 5.95 Å². The highest BCUT2D eigenvalue weighted by Crippen LogP contribution is 2.27. The SMILES string of the molecule is CC(C)CCn1c(=O)c(C(=O)Nc2nc3ccccc3[nH]2)c(O)c2ccccc21. The van der Waals surface area contributed by atoms with Crippen molar-refractivity contribution in [2.75, 3.05) is 5.32 Å². The molecular weight excluding hydrogens is 368 g/mol. The lowest BCUT2D eigenvalue weighted by molar-refractivity contribution is 0.102. The Bertz CT molecular complexity index is 1240. The van der Waals surface area contributed by atoms with Crippen LogP contribution in [0, 0.1) is 5.92 Å². The van der Waals surface area contributed by atoms with Crippen LogP contribution in [0.1, 0.15) is 30.6 Å². The molecule has 0 aliphatic rings. The summed E-state index contributed by atoms with van der Waals surface area (Å²) in [6.45, 7) is 4.61. The predicted octanol–water partition coefficient (Wildman–Crippen LogP) is 3.88. The van der Waals surface area contributed by atoms with Gasteiger partial charge in [-0.2, -0.15) is 0 Å². The molecule has 3 N–H and O–H groups in total. The molecule has 1 amide bonds. The Hall–Kier alpha value is -3.61. The van der Waals surface area contributed by atoms with Gasteiger partial charge in [0.05, 0.1) is 16.6 Å². The number of anilines is 1. The van der Waals surface area contributed by atoms with Crippen LogP contribution in [0.3, 0.4) is 0 Å². The van der Waals surface area contributed by atoms with Crippen molar-refractivity contribution in [2.45, 2.75) is 26.8 Å². The molecule has 0 atom stereocenters. The van der Waals surface area contributed by atoms with E-state index in [0.29, 0.717) is 28.9 Å². The normalized spacial score (nSPS) is 11.4. The van der Waals surface area contributed by atoms with E-state index in [1.807, 2.05) is 24.3 Å². The fourth-order valence-electron chi connectivity index (χ4n) is 3.39. The van der Waals surface area contributed by atoms with Crippen molar-refractivity contribution in [3.63, 3.8) is 0 Å². The lowest BCUT2D eigenvalue weighted by Crippen LogP contribution is -2.30. The van der Waals surface area contributed by atoms with Crippen molar-refractivity contribution in [1.29, 1.82) is 0 Å². The highest BCUT2D eigenvalue weighted by Gasteiger charge is 2.23. The zero-order chi connectivity index (χ0) is 20.5. The molecule has 0 radical (unpaired) electrons. The number of hydrogen-bond acceptors (Lipinski definition) is 4. The number of imidazole rings is 1. The largest absolute Gasteiger partial charge is 0.506 e. The first-order valence-corrected chi connectivity index (χ1v) is 9.56. The van der Waals surface area contributed by atoms with E-state index in [-0.39, 0.29) is 17.3 Å². The molecule has 0 saturated carbocycles. The third kappa shape index (κ3) is 3.47. The maximum absolute atomic E-state index is 13.1. The van der Waals surface area contributed by atoms with Crippen LogP contribution in [-0.4, -0.2) is 25.5 Å². The first-order valence-electron chi connectivity index (χ1n) is 9.56. The second-order valence-electron chi connectivity index (χ2n) is 7.44. The van der Waals surface area contributed by atoms with Crippen LogP contribution < -0.4 is 10.9 Å². The Morgan fingerprint density at radius 3 is 2.66 bits per heavy atom. The first kappa shape index (κ1) is 18.7. The smallest absolute Gasteiger partial charge is 0.267 e. The average molecular weight is 390 g/mol. The van der Waals surface area contributed by atoms with Crippen LogP contribution in [-0.2, 0) is 6.54 Å². The van der Waals surface area contributed by atoms with Gasteiger partial charge in [0.15, 0.2) is 0 Å². The number of carbonyl (C=O) groups excluding carboxylic acids is 1. The number of hydrogen-bond donors (Lipinski definition) is 3. The highest BCUT2D eigenvalue weighted by atomic mass is 16.3. The molecule has 0 saturated heterocycles. The Morgan fingerprint density at radius 2 is 1.90 bits per heavy atom. The first-order chi connectivity index (χ1) is 14.0. The summed E-state index contributed by atoms with van der Waals surface area (Å²) in [5.74, 6) is -0.408. The van der Waals surface area contributed by atoms with Gasteiger partial charge in [0.1, 0.15) is 11.3 Å². The number of amides is 1. The number of nitrogens with zero attached hydrogens (tertiary/aromatic N) is 2. The summed E-state index contributed by atoms with van der Waals surface area (Å²) >= 11 is 0. The monoisotopic (exact) mass is 390 g/mol. The van der Waals surface area contributed by atoms with E-state index in [2.05, 4.69) is 29.1 Å². The topological polar surface area (TPSA) is 100 Å². The Morgan fingerprint density at radius 1 is 1.17 bits per heavy atom. The Kier molecular flexibility index (Phi) is 4.80. The second-order valence-corrected chi connectivity index (χ2v) is 7.44. The number of aryl methyl sites for hydroxylation is 1. The van der Waals surface area contributed by atoms with Gasteiger partial charge in [0, 0.05) is 11.9 Å². The molecule has 0 bridgehead atoms. The van der Waals surface area contributed by atoms with Crippen molar-refractivity contribution in [3.05, 3.63) is 64.4 Å². The molecule has 0 fully saturated rings. The molecular formula is C22H22N4O3. The number of aromatic amines is 1. The molecule has 4 rings (SSSR count). The predicted molar refractivity (Wildman–Crippen MR) is 113 cm³/mol. The minimum atomic E-state index is -0.699. The molecule has 4 aromatic rings. The number of aromatic nitrogens is 3. The Balaban J connectivity index is 1.79. The van der Waals surface area contributed by atoms with E-state index in [1.54, 1.807) is 28.8 Å². The maximum Gasteiger partial charge on any atom is 0.267 e. The summed E-state index contributed by atoms with van der Waals surface area (Å²) in [5, 5.41) is 13.8. The summed E-state index contributed by atoms with van der Waals surface area (Å²) in [4.78, 5) is 33.4. The van der Waals surface area contributed by atoms with Crippen LogP contribution in [0.5, 0.6) is 5.75 Å². The second kappa shape index (κ2) is 7.43. The number of para-hydroxylation sites is 3. The third-order valence-corrected chi connectivity index (χ3v) is 4.92. The van der Waals surface area contributed by atoms with Crippen LogP contribution in [0.15, 0.2) is 53.3 Å². The summed E-state index contributed by atoms with van der Waals surface area (Å²) in [5.41, 5.74) is 1.26. The van der Waals surface area contributed by atoms with Crippen molar-refractivity contribution in [1.82, 2.24) is 14.5 Å². The molecule has 0 spiro atoms. The average Bonchev–Trinajstić information content (AvgIpc) is 3.10. The Labute approximate surface area is 167 Å². The molecule has 7 heteroatoms. The fourth-order valence-corrected chi connectivity index (χ4v) is 3.39. The number of carbonyl (C=O) groups is 1. The van der Waals surface area contributed by atoms with Gasteiger partial charge >= 0.3 is 0 Å². The lowest BCUT2D eigenvalue weighted by atomic mass is 10.1. The number of aromatic hydroxyl groups is 1. The summed E-state index contributed by atoms with van der Waals surface area (Å²) in [6.07, 6.45) is 0.777. The summed E-state index contributed by atoms with van der Waals surface area (Å²) in [6, 6.07) is 14.4. The molecule has 29 heavy (non-hydrogen) atoms. The molecule has 0 unspecified atom stereocenters. The minimum Gasteiger partial charge on any atom is -0.506 e. The minimum absolute atomic E-state index is 0.219. The van der Waals surface area contributed by atoms with Crippen molar-refractivity contribution < 1.29 is 9.90 Å². The fraction of sp³-hybridized carbons (Fsp3) is 0.227. The molecule has 0 aliphatic heterocycles. The third-order valence-electron chi connectivity index (χ3n) is 4.92. The molecule has 2 aromatic carbocycles. The molecule has 7 nitrogen and oxygen atoms in total. The summed E-state index contributed by atoms with van der Waals surface area (Å²) in [7, 11) is 0. The van der Waals surface area contributed by atoms with Gasteiger partial charge in [0.25, 0.3) is 11.5 Å². The number of pyridine rings is 1. The van der Waals surface area contributed by atoms with Crippen molar-refractivity contribution in [3.8, 4) is 5.75 Å². The van der Waals surface area contributed by atoms with Crippen molar-refractivity contribution >= 4 is 33.8 Å². The number of rotatable bonds is 5. The molecule has 2 aromatic heterocycles. The van der Waals surface area contributed by atoms with Crippen LogP contribution in [0.2, 0.25) is 0 Å². The lowest BCUT2D eigenvalue weighted by Gasteiger charge is -2.15. The standard InChI is InChI=1S/C22H22N4O3/c1-13(2)11-12-26-17-10-6-3-7-14(17)19(27)18(21(26)29)20(28)25-22-23-15-8-4-5-9-16(15)24-22/h3-10,13,27H,11-12H2,1-2H3,(H2,23,24,25,28). The van der Waals surface area contributed by atoms with E-state index in [1.165, 1.54) is 0 Å². The van der Waals surface area contributed by atoms with Gasteiger partial charge in [-0.05, 0) is 36.6 Å². The van der Waals surface area contributed by atoms with Gasteiger partial charge in [-0.25, -0.2) is 4.98 Å². The van der Waals surface area contributed by atoms with E-state index in [4.69, 9.17) is 0 Å². The van der Waals surface area contributed by atoms with E-state index in [9.17, 15) is 14.7 Å². The zero-order valence-electron chi connectivity index (χ0n) is 16.3. The van der Waals surface area contributed by atoms with Gasteiger partial charge in [0.2, 0.25) is 5.95 Å². The quantitative estimate of drug-likeness (QED) is 0.481. The van der Waals surface area contributed by atoms with Gasteiger partial charge in [-0.1, -0.05) is 38.1 Å². The highest BCUT2D eigenvalue weighted by molar-refractivity contribution is 6.08. The van der Waals surface area contributed by atoms with E-state index < -0.39 is 11.5 Å². The number of benzene rings is 2. The molecule has 0 aliphatic carbocycles. The van der Waals surface area contributed by atoms with Crippen LogP contribution >= 0.6 is 0 Å². The van der Waals surface area contributed by atoms with Gasteiger partial charge in [-0.15, -0.1) is 0 Å². The zero-order valence-corrected chi connectivity index (χ0v) is 16.3. The maximum atomic E-state index is 13.1. The van der Waals surface area contributed by atoms with E-state index >= 15 is 0 Å². The van der Waals surface area contributed by atoms with Gasteiger partial charge in [-0.3, -0.25) is 14.9 Å². The number of fused-ring (bicyclic) bond motifs is 2. The van der Waals surface area contributed by atoms with Crippen molar-refractivity contribution in [2.24, 2.45) is 5.92 Å². The number of nitrogens with one attached hydrogen (secondary N) is 2. The van der Waals surface area contributed by atoms with Gasteiger partial charge < -0.3 is 14.7 Å². The molecule has 148 valence electrons. The molecule has 2 heterocycles.